The van der Waals surface area contributed by atoms with E-state index in [2.05, 4.69) is 41.5 Å². The maximum atomic E-state index is 15.1. The predicted molar refractivity (Wildman–Crippen MR) is 203 cm³/mol. The quantitative estimate of drug-likeness (QED) is 0.259. The number of carbonyl (C=O) groups is 4. The fraction of sp³-hybridized carbons (Fsp3) is 0.727. The Kier molecular flexibility index (Phi) is 10.2. The first kappa shape index (κ1) is 39.0. The molecule has 1 amide bonds. The average molecular weight is 736 g/mol. The summed E-state index contributed by atoms with van der Waals surface area (Å²) in [5.74, 6) is 1.31. The second kappa shape index (κ2) is 13.6. The molecule has 0 N–H and O–H groups in total. The van der Waals surface area contributed by atoms with Gasteiger partial charge in [-0.25, -0.2) is 4.79 Å². The van der Waals surface area contributed by atoms with Crippen molar-refractivity contribution in [2.75, 3.05) is 6.54 Å². The highest BCUT2D eigenvalue weighted by Crippen LogP contribution is 2.76. The molecule has 1 aromatic carbocycles. The van der Waals surface area contributed by atoms with E-state index in [0.717, 1.165) is 61.7 Å². The Morgan fingerprint density at radius 3 is 2.23 bits per heavy atom. The van der Waals surface area contributed by atoms with Crippen molar-refractivity contribution in [2.45, 2.75) is 145 Å². The average Bonchev–Trinajstić information content (AvgIpc) is 3.36. The topological polar surface area (TPSA) is 90.0 Å². The van der Waals surface area contributed by atoms with Crippen LogP contribution in [-0.4, -0.2) is 46.8 Å². The highest BCUT2D eigenvalue weighted by atomic mass is 35.5. The van der Waals surface area contributed by atoms with Crippen LogP contribution < -0.4 is 0 Å². The molecule has 0 spiro atoms. The number of halogens is 1. The Balaban J connectivity index is 1.35. The molecule has 0 aliphatic heterocycles. The summed E-state index contributed by atoms with van der Waals surface area (Å²) < 4.78 is 11.7. The summed E-state index contributed by atoms with van der Waals surface area (Å²) >= 11 is 6.17. The molecule has 7 nitrogen and oxygen atoms in total. The van der Waals surface area contributed by atoms with E-state index in [0.29, 0.717) is 29.2 Å². The van der Waals surface area contributed by atoms with Gasteiger partial charge in [0.25, 0.3) is 0 Å². The zero-order valence-corrected chi connectivity index (χ0v) is 34.1. The summed E-state index contributed by atoms with van der Waals surface area (Å²) in [4.78, 5) is 56.5. The monoisotopic (exact) mass is 735 g/mol. The van der Waals surface area contributed by atoms with Gasteiger partial charge in [0.2, 0.25) is 0 Å². The third kappa shape index (κ3) is 6.37. The number of hydrogen-bond donors (Lipinski definition) is 0. The summed E-state index contributed by atoms with van der Waals surface area (Å²) in [5.41, 5.74) is 1.25. The highest BCUT2D eigenvalue weighted by Gasteiger charge is 2.70. The smallest absolute Gasteiger partial charge is 0.410 e. The number of carbonyl (C=O) groups excluding carboxylic acids is 4. The molecular weight excluding hydrogens is 674 g/mol. The van der Waals surface area contributed by atoms with Gasteiger partial charge >= 0.3 is 12.1 Å². The molecule has 0 aromatic heterocycles. The lowest BCUT2D eigenvalue weighted by Crippen LogP contribution is -2.64. The number of benzene rings is 1. The van der Waals surface area contributed by atoms with Crippen molar-refractivity contribution in [1.29, 1.82) is 0 Å². The summed E-state index contributed by atoms with van der Waals surface area (Å²) in [6.45, 7) is 21.1. The molecule has 0 saturated heterocycles. The number of rotatable bonds is 7. The molecule has 1 aromatic rings. The molecular formula is C44H62ClNO6. The van der Waals surface area contributed by atoms with Gasteiger partial charge < -0.3 is 9.47 Å². The number of ether oxygens (including phenoxy) is 2. The third-order valence-electron chi connectivity index (χ3n) is 15.1. The molecule has 8 heteroatoms. The van der Waals surface area contributed by atoms with Gasteiger partial charge in [0.05, 0.1) is 12.0 Å². The van der Waals surface area contributed by atoms with E-state index in [1.54, 1.807) is 12.1 Å². The Labute approximate surface area is 317 Å². The fourth-order valence-corrected chi connectivity index (χ4v) is 12.7. The van der Waals surface area contributed by atoms with Crippen LogP contribution in [-0.2, 0) is 30.4 Å². The number of esters is 1. The van der Waals surface area contributed by atoms with Gasteiger partial charge in [-0.2, -0.15) is 0 Å². The standard InChI is InChI=1S/C44H62ClNO6/c1-26(2)37-33(48)23-44(36(49)25-46(39(50)52-40(5,6)7)24-29-11-13-30(45)14-12-29)22-21-42(9)32(38(37)44)15-16-35-41(8)19-18-34(51-28(4)47)27(3)31(41)17-20-43(35,42)10/h11-14,26-27,31-32,34-35H,15-25H2,1-10H3/t27?,31-,32+,34-,35+,41-,42+,43+,44-/m0/s1. The SMILES string of the molecule is CC(=O)O[C@H]1CC[C@]2(C)[C@H]3CC[C@@H]4C5=C(C(C)C)C(=O)C[C@]5(C(=O)CN(Cc5ccc(Cl)cc5)C(=O)OC(C)(C)C)CC[C@@]4(C)[C@]3(C)CC[C@H]2C1C. The lowest BCUT2D eigenvalue weighted by atomic mass is 9.34. The van der Waals surface area contributed by atoms with Gasteiger partial charge in [-0.3, -0.25) is 19.3 Å². The van der Waals surface area contributed by atoms with E-state index in [-0.39, 0.29) is 71.2 Å². The van der Waals surface area contributed by atoms with Crippen LogP contribution in [0.3, 0.4) is 0 Å². The minimum absolute atomic E-state index is 0.00624. The van der Waals surface area contributed by atoms with Crippen molar-refractivity contribution in [3.63, 3.8) is 0 Å². The van der Waals surface area contributed by atoms with E-state index in [9.17, 15) is 14.4 Å². The van der Waals surface area contributed by atoms with Crippen LogP contribution in [0.1, 0.15) is 133 Å². The molecule has 0 radical (unpaired) electrons. The van der Waals surface area contributed by atoms with Crippen LogP contribution in [0, 0.1) is 51.2 Å². The fourth-order valence-electron chi connectivity index (χ4n) is 12.6. The van der Waals surface area contributed by atoms with Crippen LogP contribution in [0.15, 0.2) is 35.4 Å². The van der Waals surface area contributed by atoms with Crippen LogP contribution in [0.4, 0.5) is 4.79 Å². The lowest BCUT2D eigenvalue weighted by molar-refractivity contribution is -0.214. The number of fused-ring (bicyclic) bond motifs is 7. The molecule has 286 valence electrons. The van der Waals surface area contributed by atoms with Gasteiger partial charge in [-0.15, -0.1) is 0 Å². The molecule has 0 heterocycles. The van der Waals surface area contributed by atoms with E-state index in [4.69, 9.17) is 21.1 Å². The number of amides is 1. The van der Waals surface area contributed by atoms with Gasteiger partial charge in [0, 0.05) is 24.9 Å². The Hall–Kier alpha value is -2.67. The molecule has 9 atom stereocenters. The Morgan fingerprint density at radius 1 is 0.942 bits per heavy atom. The summed E-state index contributed by atoms with van der Waals surface area (Å²) in [7, 11) is 0. The lowest BCUT2D eigenvalue weighted by Gasteiger charge is -2.71. The predicted octanol–water partition coefficient (Wildman–Crippen LogP) is 10.2. The first-order chi connectivity index (χ1) is 24.2. The molecule has 5 aliphatic carbocycles. The van der Waals surface area contributed by atoms with Gasteiger partial charge in [0.15, 0.2) is 11.6 Å². The molecule has 5 aliphatic rings. The number of Topliss-reactive ketones (excluding diaryl/α,β-unsaturated/α-hetero) is 2. The number of allylic oxidation sites excluding steroid dienone is 2. The second-order valence-corrected chi connectivity index (χ2v) is 19.7. The zero-order valence-electron chi connectivity index (χ0n) is 33.3. The van der Waals surface area contributed by atoms with Crippen LogP contribution >= 0.6 is 11.6 Å². The van der Waals surface area contributed by atoms with Crippen molar-refractivity contribution in [3.05, 3.63) is 46.0 Å². The minimum atomic E-state index is -0.915. The van der Waals surface area contributed by atoms with Crippen LogP contribution in [0.5, 0.6) is 0 Å². The summed E-state index contributed by atoms with van der Waals surface area (Å²) in [6.07, 6.45) is 7.28. The molecule has 0 bridgehead atoms. The largest absolute Gasteiger partial charge is 0.462 e. The maximum absolute atomic E-state index is 15.1. The number of ketones is 2. The van der Waals surface area contributed by atoms with Crippen molar-refractivity contribution in [1.82, 2.24) is 4.90 Å². The van der Waals surface area contributed by atoms with Crippen LogP contribution in [0.2, 0.25) is 5.02 Å². The Morgan fingerprint density at radius 2 is 1.62 bits per heavy atom. The van der Waals surface area contributed by atoms with E-state index >= 15 is 4.79 Å². The maximum Gasteiger partial charge on any atom is 0.410 e. The molecule has 1 unspecified atom stereocenters. The molecule has 52 heavy (non-hydrogen) atoms. The molecule has 6 rings (SSSR count). The molecule has 4 fully saturated rings. The number of nitrogens with zero attached hydrogens (tertiary/aromatic N) is 1. The first-order valence-corrected chi connectivity index (χ1v) is 20.3. The second-order valence-electron chi connectivity index (χ2n) is 19.3. The van der Waals surface area contributed by atoms with Crippen molar-refractivity contribution < 1.29 is 28.7 Å². The minimum Gasteiger partial charge on any atom is -0.462 e. The zero-order chi connectivity index (χ0) is 38.2. The van der Waals surface area contributed by atoms with Crippen molar-refractivity contribution in [2.24, 2.45) is 51.2 Å². The summed E-state index contributed by atoms with van der Waals surface area (Å²) in [5, 5.41) is 0.600. The summed E-state index contributed by atoms with van der Waals surface area (Å²) in [6, 6.07) is 7.31. The van der Waals surface area contributed by atoms with E-state index in [1.165, 1.54) is 11.8 Å². The van der Waals surface area contributed by atoms with E-state index < -0.39 is 17.1 Å². The van der Waals surface area contributed by atoms with Gasteiger partial charge in [-0.05, 0) is 147 Å². The number of hydrogen-bond acceptors (Lipinski definition) is 6. The highest BCUT2D eigenvalue weighted by molar-refractivity contribution is 6.30. The van der Waals surface area contributed by atoms with E-state index in [1.807, 2.05) is 32.9 Å². The third-order valence-corrected chi connectivity index (χ3v) is 15.3. The molecule has 4 saturated carbocycles. The normalized spacial score (nSPS) is 37.1. The van der Waals surface area contributed by atoms with Gasteiger partial charge in [-0.1, -0.05) is 65.3 Å². The Bertz CT molecular complexity index is 1640. The van der Waals surface area contributed by atoms with Crippen molar-refractivity contribution in [3.8, 4) is 0 Å². The van der Waals surface area contributed by atoms with Crippen LogP contribution in [0.25, 0.3) is 0 Å². The van der Waals surface area contributed by atoms with Gasteiger partial charge in [0.1, 0.15) is 11.7 Å². The first-order valence-electron chi connectivity index (χ1n) is 19.9. The van der Waals surface area contributed by atoms with Crippen molar-refractivity contribution >= 4 is 35.2 Å².